The third-order valence-corrected chi connectivity index (χ3v) is 8.13. The molecule has 3 aromatic rings. The molecule has 0 aromatic heterocycles. The van der Waals surface area contributed by atoms with Crippen molar-refractivity contribution < 1.29 is 14.3 Å². The van der Waals surface area contributed by atoms with Gasteiger partial charge in [0.05, 0.1) is 12.2 Å². The highest BCUT2D eigenvalue weighted by Gasteiger charge is 2.26. The largest absolute Gasteiger partial charge is 0.478 e. The normalized spacial score (nSPS) is 16.3. The quantitative estimate of drug-likeness (QED) is 0.337. The zero-order chi connectivity index (χ0) is 25.9. The van der Waals surface area contributed by atoms with Crippen molar-refractivity contribution in [2.75, 3.05) is 26.3 Å². The number of likely N-dealkylation sites (tertiary alicyclic amines) is 1. The Kier molecular flexibility index (Phi) is 7.78. The van der Waals surface area contributed by atoms with Gasteiger partial charge in [0, 0.05) is 24.7 Å². The summed E-state index contributed by atoms with van der Waals surface area (Å²) in [5.41, 5.74) is 9.67. The molecule has 1 aliphatic heterocycles. The molecule has 1 heterocycles. The van der Waals surface area contributed by atoms with Gasteiger partial charge in [-0.2, -0.15) is 0 Å². The second-order valence-electron chi connectivity index (χ2n) is 10.4. The second kappa shape index (κ2) is 11.2. The number of aryl methyl sites for hydroxylation is 2. The Labute approximate surface area is 223 Å². The number of carboxylic acid groups (broad SMARTS) is 1. The number of allylic oxidation sites excluding steroid dienone is 1. The average molecular weight is 518 g/mol. The van der Waals surface area contributed by atoms with Gasteiger partial charge in [-0.3, -0.25) is 4.39 Å². The van der Waals surface area contributed by atoms with E-state index < -0.39 is 5.97 Å². The molecule has 0 unspecified atom stereocenters. The van der Waals surface area contributed by atoms with Crippen molar-refractivity contribution >= 4 is 28.7 Å². The van der Waals surface area contributed by atoms with E-state index in [2.05, 4.69) is 41.3 Å². The van der Waals surface area contributed by atoms with Gasteiger partial charge in [-0.25, -0.2) is 4.79 Å². The van der Waals surface area contributed by atoms with E-state index in [0.29, 0.717) is 17.9 Å². The van der Waals surface area contributed by atoms with Crippen molar-refractivity contribution in [1.29, 1.82) is 0 Å². The second-order valence-corrected chi connectivity index (χ2v) is 10.8. The van der Waals surface area contributed by atoms with E-state index in [-0.39, 0.29) is 6.67 Å². The molecular formula is C32H33ClFNO2. The molecule has 0 saturated carbocycles. The lowest BCUT2D eigenvalue weighted by Gasteiger charge is -2.39. The van der Waals surface area contributed by atoms with Gasteiger partial charge in [-0.15, -0.1) is 0 Å². The molecule has 1 N–H and O–H groups in total. The zero-order valence-electron chi connectivity index (χ0n) is 21.3. The number of alkyl halides is 1. The highest BCUT2D eigenvalue weighted by molar-refractivity contribution is 6.31. The molecule has 192 valence electrons. The summed E-state index contributed by atoms with van der Waals surface area (Å²) < 4.78 is 12.4. The number of carboxylic acids is 1. The van der Waals surface area contributed by atoms with Crippen LogP contribution in [0.4, 0.5) is 4.39 Å². The first kappa shape index (κ1) is 25.7. The van der Waals surface area contributed by atoms with Gasteiger partial charge < -0.3 is 10.0 Å². The van der Waals surface area contributed by atoms with Gasteiger partial charge in [0.2, 0.25) is 0 Å². The van der Waals surface area contributed by atoms with Crippen molar-refractivity contribution in [3.05, 3.63) is 105 Å². The van der Waals surface area contributed by atoms with Gasteiger partial charge in [0.25, 0.3) is 0 Å². The van der Waals surface area contributed by atoms with Gasteiger partial charge in [0.15, 0.2) is 0 Å². The molecule has 0 bridgehead atoms. The molecule has 5 rings (SSSR count). The molecule has 0 amide bonds. The lowest BCUT2D eigenvalue weighted by molar-refractivity contribution is 0.0696. The molecule has 5 heteroatoms. The van der Waals surface area contributed by atoms with Crippen LogP contribution in [0, 0.1) is 12.8 Å². The SMILES string of the molecule is Cc1cc(C2=C(c3ccc(CC4CN(CCCF)C4)cc3)c3ccc(C(=O)O)cc3CCC2)ccc1Cl. The number of halogens is 2. The van der Waals surface area contributed by atoms with Crippen molar-refractivity contribution in [1.82, 2.24) is 4.90 Å². The van der Waals surface area contributed by atoms with Crippen molar-refractivity contribution in [2.24, 2.45) is 5.92 Å². The molecule has 2 aliphatic rings. The first-order valence-corrected chi connectivity index (χ1v) is 13.5. The predicted octanol–water partition coefficient (Wildman–Crippen LogP) is 7.48. The van der Waals surface area contributed by atoms with E-state index in [1.165, 1.54) is 22.3 Å². The van der Waals surface area contributed by atoms with E-state index in [1.54, 1.807) is 6.07 Å². The van der Waals surface area contributed by atoms with E-state index in [9.17, 15) is 14.3 Å². The number of hydrogen-bond donors (Lipinski definition) is 1. The van der Waals surface area contributed by atoms with Gasteiger partial charge in [-0.05, 0) is 108 Å². The fourth-order valence-corrected chi connectivity index (χ4v) is 5.90. The van der Waals surface area contributed by atoms with Crippen LogP contribution >= 0.6 is 11.6 Å². The van der Waals surface area contributed by atoms with Gasteiger partial charge >= 0.3 is 5.97 Å². The van der Waals surface area contributed by atoms with Gasteiger partial charge in [-0.1, -0.05) is 54.1 Å². The van der Waals surface area contributed by atoms with E-state index >= 15 is 0 Å². The van der Waals surface area contributed by atoms with Crippen LogP contribution in [0.2, 0.25) is 5.02 Å². The number of benzene rings is 3. The lowest BCUT2D eigenvalue weighted by Crippen LogP contribution is -2.47. The van der Waals surface area contributed by atoms with Crippen molar-refractivity contribution in [3.8, 4) is 0 Å². The molecule has 0 spiro atoms. The molecule has 1 aliphatic carbocycles. The third kappa shape index (κ3) is 5.66. The molecule has 37 heavy (non-hydrogen) atoms. The van der Waals surface area contributed by atoms with Crippen LogP contribution in [0.15, 0.2) is 60.7 Å². The molecule has 1 saturated heterocycles. The standard InChI is InChI=1S/C32H33ClFNO2/c1-21-16-26(11-13-30(21)33)28-5-2-4-25-18-27(32(36)37)10-12-29(25)31(28)24-8-6-22(7-9-24)17-23-19-35(20-23)15-3-14-34/h6-13,16,18,23H,2-5,14-15,17,19-20H2,1H3,(H,36,37). The molecule has 0 radical (unpaired) electrons. The van der Waals surface area contributed by atoms with Crippen LogP contribution in [0.1, 0.15) is 63.0 Å². The maximum absolute atomic E-state index is 12.4. The maximum atomic E-state index is 12.4. The highest BCUT2D eigenvalue weighted by Crippen LogP contribution is 2.41. The molecule has 0 atom stereocenters. The molecule has 1 fully saturated rings. The number of fused-ring (bicyclic) bond motifs is 1. The smallest absolute Gasteiger partial charge is 0.335 e. The highest BCUT2D eigenvalue weighted by atomic mass is 35.5. The monoisotopic (exact) mass is 517 g/mol. The summed E-state index contributed by atoms with van der Waals surface area (Å²) in [7, 11) is 0. The van der Waals surface area contributed by atoms with E-state index in [4.69, 9.17) is 11.6 Å². The molecular weight excluding hydrogens is 485 g/mol. The minimum absolute atomic E-state index is 0.239. The Balaban J connectivity index is 1.50. The summed E-state index contributed by atoms with van der Waals surface area (Å²) in [6.07, 6.45) is 4.37. The molecule has 3 aromatic carbocycles. The Morgan fingerprint density at radius 1 is 1.03 bits per heavy atom. The third-order valence-electron chi connectivity index (χ3n) is 7.71. The number of nitrogens with zero attached hydrogens (tertiary/aromatic N) is 1. The zero-order valence-corrected chi connectivity index (χ0v) is 22.0. The summed E-state index contributed by atoms with van der Waals surface area (Å²) in [4.78, 5) is 14.0. The van der Waals surface area contributed by atoms with Crippen LogP contribution in [-0.2, 0) is 12.8 Å². The molecule has 3 nitrogen and oxygen atoms in total. The Hall–Kier alpha value is -2.95. The summed E-state index contributed by atoms with van der Waals surface area (Å²) >= 11 is 6.35. The Morgan fingerprint density at radius 3 is 2.49 bits per heavy atom. The Bertz CT molecular complexity index is 1330. The minimum Gasteiger partial charge on any atom is -0.478 e. The van der Waals surface area contributed by atoms with Crippen LogP contribution in [-0.4, -0.2) is 42.3 Å². The van der Waals surface area contributed by atoms with Crippen molar-refractivity contribution in [2.45, 2.75) is 39.0 Å². The fraction of sp³-hybridized carbons (Fsp3) is 0.344. The van der Waals surface area contributed by atoms with E-state index in [0.717, 1.165) is 72.6 Å². The number of hydrogen-bond acceptors (Lipinski definition) is 2. The maximum Gasteiger partial charge on any atom is 0.335 e. The summed E-state index contributed by atoms with van der Waals surface area (Å²) in [5, 5.41) is 10.3. The summed E-state index contributed by atoms with van der Waals surface area (Å²) in [6.45, 7) is 4.75. The number of rotatable bonds is 8. The fourth-order valence-electron chi connectivity index (χ4n) is 5.78. The first-order chi connectivity index (χ1) is 17.9. The minimum atomic E-state index is -0.894. The van der Waals surface area contributed by atoms with Crippen LogP contribution in [0.3, 0.4) is 0 Å². The van der Waals surface area contributed by atoms with Gasteiger partial charge in [0.1, 0.15) is 0 Å². The number of carbonyl (C=O) groups is 1. The predicted molar refractivity (Wildman–Crippen MR) is 149 cm³/mol. The first-order valence-electron chi connectivity index (χ1n) is 13.2. The lowest BCUT2D eigenvalue weighted by atomic mass is 9.86. The Morgan fingerprint density at radius 2 is 1.78 bits per heavy atom. The van der Waals surface area contributed by atoms with E-state index in [1.807, 2.05) is 25.1 Å². The van der Waals surface area contributed by atoms with Crippen molar-refractivity contribution in [3.63, 3.8) is 0 Å². The van der Waals surface area contributed by atoms with Crippen LogP contribution in [0.5, 0.6) is 0 Å². The summed E-state index contributed by atoms with van der Waals surface area (Å²) in [6, 6.07) is 20.7. The average Bonchev–Trinajstić information content (AvgIpc) is 3.06. The topological polar surface area (TPSA) is 40.5 Å². The van der Waals surface area contributed by atoms with Crippen LogP contribution < -0.4 is 0 Å². The van der Waals surface area contributed by atoms with Crippen LogP contribution in [0.25, 0.3) is 11.1 Å². The number of aromatic carboxylic acids is 1. The summed E-state index contributed by atoms with van der Waals surface area (Å²) in [5.74, 6) is -0.264.